The predicted molar refractivity (Wildman–Crippen MR) is 95.1 cm³/mol. The van der Waals surface area contributed by atoms with Gasteiger partial charge in [-0.05, 0) is 37.3 Å². The molecule has 1 aromatic carbocycles. The van der Waals surface area contributed by atoms with Crippen LogP contribution in [0.4, 0.5) is 5.69 Å². The molecule has 0 bridgehead atoms. The van der Waals surface area contributed by atoms with E-state index in [1.54, 1.807) is 12.3 Å². The van der Waals surface area contributed by atoms with Crippen LogP contribution in [0.25, 0.3) is 11.5 Å². The minimum atomic E-state index is -0.122. The number of pyridine rings is 1. The van der Waals surface area contributed by atoms with Gasteiger partial charge in [0.05, 0.1) is 5.69 Å². The van der Waals surface area contributed by atoms with Gasteiger partial charge in [0, 0.05) is 30.6 Å². The van der Waals surface area contributed by atoms with Gasteiger partial charge in [-0.2, -0.15) is 0 Å². The smallest absolute Gasteiger partial charge is 0.221 e. The number of anilines is 1. The molecule has 2 aromatic heterocycles. The third kappa shape index (κ3) is 4.60. The Balaban J connectivity index is 1.75. The second kappa shape index (κ2) is 7.53. The quantitative estimate of drug-likeness (QED) is 0.774. The van der Waals surface area contributed by atoms with Gasteiger partial charge in [0.15, 0.2) is 5.82 Å². The Hall–Kier alpha value is -3.28. The highest BCUT2D eigenvalue weighted by Crippen LogP contribution is 2.19. The van der Waals surface area contributed by atoms with E-state index in [0.717, 1.165) is 17.1 Å². The van der Waals surface area contributed by atoms with E-state index in [0.29, 0.717) is 23.9 Å². The van der Waals surface area contributed by atoms with Crippen molar-refractivity contribution in [3.8, 4) is 17.3 Å². The number of aromatic nitrogens is 3. The number of nitrogens with zero attached hydrogens (tertiary/aromatic N) is 3. The first-order chi connectivity index (χ1) is 12.1. The second-order valence-corrected chi connectivity index (χ2v) is 5.54. The standard InChI is InChI=1S/C19H18N4O2/c1-13-10-16(23-19(21-13)18-8-3-4-9-20-18)12-25-17-7-5-6-15(11-17)22-14(2)24/h3-11H,12H2,1-2H3,(H,22,24). The molecule has 126 valence electrons. The first-order valence-corrected chi connectivity index (χ1v) is 7.86. The van der Waals surface area contributed by atoms with E-state index in [9.17, 15) is 4.79 Å². The molecular weight excluding hydrogens is 316 g/mol. The Labute approximate surface area is 145 Å². The Kier molecular flexibility index (Phi) is 4.99. The van der Waals surface area contributed by atoms with Crippen molar-refractivity contribution in [2.24, 2.45) is 0 Å². The summed E-state index contributed by atoms with van der Waals surface area (Å²) in [5.41, 5.74) is 3.03. The summed E-state index contributed by atoms with van der Waals surface area (Å²) in [6.07, 6.45) is 1.71. The molecule has 0 aliphatic heterocycles. The number of aryl methyl sites for hydroxylation is 1. The Morgan fingerprint density at radius 2 is 2.00 bits per heavy atom. The van der Waals surface area contributed by atoms with Crippen molar-refractivity contribution in [1.82, 2.24) is 15.0 Å². The SMILES string of the molecule is CC(=O)Nc1cccc(OCc2cc(C)nc(-c3ccccn3)n2)c1. The zero-order valence-corrected chi connectivity index (χ0v) is 14.1. The van der Waals surface area contributed by atoms with E-state index in [1.807, 2.05) is 49.4 Å². The van der Waals surface area contributed by atoms with Gasteiger partial charge in [-0.3, -0.25) is 9.78 Å². The van der Waals surface area contributed by atoms with Gasteiger partial charge in [0.1, 0.15) is 18.1 Å². The highest BCUT2D eigenvalue weighted by Gasteiger charge is 2.07. The summed E-state index contributed by atoms with van der Waals surface area (Å²) in [4.78, 5) is 24.4. The summed E-state index contributed by atoms with van der Waals surface area (Å²) in [6.45, 7) is 3.68. The van der Waals surface area contributed by atoms with Crippen LogP contribution in [0.3, 0.4) is 0 Å². The van der Waals surface area contributed by atoms with Crippen LogP contribution in [-0.2, 0) is 11.4 Å². The summed E-state index contributed by atoms with van der Waals surface area (Å²) >= 11 is 0. The highest BCUT2D eigenvalue weighted by molar-refractivity contribution is 5.88. The molecule has 1 N–H and O–H groups in total. The molecule has 25 heavy (non-hydrogen) atoms. The largest absolute Gasteiger partial charge is 0.487 e. The zero-order valence-electron chi connectivity index (χ0n) is 14.1. The fourth-order valence-corrected chi connectivity index (χ4v) is 2.34. The number of nitrogens with one attached hydrogen (secondary N) is 1. The number of hydrogen-bond acceptors (Lipinski definition) is 5. The predicted octanol–water partition coefficient (Wildman–Crippen LogP) is 3.38. The van der Waals surface area contributed by atoms with Crippen molar-refractivity contribution in [2.75, 3.05) is 5.32 Å². The normalized spacial score (nSPS) is 10.3. The molecule has 1 amide bonds. The van der Waals surface area contributed by atoms with Crippen LogP contribution >= 0.6 is 0 Å². The monoisotopic (exact) mass is 334 g/mol. The van der Waals surface area contributed by atoms with Gasteiger partial charge in [-0.1, -0.05) is 12.1 Å². The first-order valence-electron chi connectivity index (χ1n) is 7.86. The van der Waals surface area contributed by atoms with Crippen molar-refractivity contribution < 1.29 is 9.53 Å². The fraction of sp³-hybridized carbons (Fsp3) is 0.158. The van der Waals surface area contributed by atoms with Crippen LogP contribution in [-0.4, -0.2) is 20.9 Å². The number of amides is 1. The Bertz CT molecular complexity index is 882. The first kappa shape index (κ1) is 16.6. The average Bonchev–Trinajstić information content (AvgIpc) is 2.60. The second-order valence-electron chi connectivity index (χ2n) is 5.54. The van der Waals surface area contributed by atoms with E-state index in [1.165, 1.54) is 6.92 Å². The molecule has 0 fully saturated rings. The summed E-state index contributed by atoms with van der Waals surface area (Å²) in [5, 5.41) is 2.73. The highest BCUT2D eigenvalue weighted by atomic mass is 16.5. The summed E-state index contributed by atoms with van der Waals surface area (Å²) in [5.74, 6) is 1.11. The van der Waals surface area contributed by atoms with Crippen LogP contribution in [0, 0.1) is 6.92 Å². The van der Waals surface area contributed by atoms with Crippen LogP contribution < -0.4 is 10.1 Å². The van der Waals surface area contributed by atoms with Crippen molar-refractivity contribution in [3.05, 3.63) is 66.1 Å². The molecule has 0 unspecified atom stereocenters. The number of rotatable bonds is 5. The lowest BCUT2D eigenvalue weighted by molar-refractivity contribution is -0.114. The third-order valence-electron chi connectivity index (χ3n) is 3.34. The topological polar surface area (TPSA) is 77.0 Å². The van der Waals surface area contributed by atoms with Crippen LogP contribution in [0.1, 0.15) is 18.3 Å². The van der Waals surface area contributed by atoms with Gasteiger partial charge < -0.3 is 10.1 Å². The van der Waals surface area contributed by atoms with Crippen molar-refractivity contribution in [1.29, 1.82) is 0 Å². The van der Waals surface area contributed by atoms with Gasteiger partial charge in [-0.25, -0.2) is 9.97 Å². The number of carbonyl (C=O) groups excluding carboxylic acids is 1. The lowest BCUT2D eigenvalue weighted by Crippen LogP contribution is -2.06. The lowest BCUT2D eigenvalue weighted by atomic mass is 10.3. The molecule has 3 rings (SSSR count). The minimum Gasteiger partial charge on any atom is -0.487 e. The lowest BCUT2D eigenvalue weighted by Gasteiger charge is -2.09. The molecule has 0 atom stereocenters. The summed E-state index contributed by atoms with van der Waals surface area (Å²) in [7, 11) is 0. The van der Waals surface area contributed by atoms with Gasteiger partial charge in [0.25, 0.3) is 0 Å². The van der Waals surface area contributed by atoms with E-state index in [4.69, 9.17) is 4.74 Å². The summed E-state index contributed by atoms with van der Waals surface area (Å²) in [6, 6.07) is 14.7. The maximum absolute atomic E-state index is 11.1. The number of hydrogen-bond donors (Lipinski definition) is 1. The maximum Gasteiger partial charge on any atom is 0.221 e. The molecule has 6 heteroatoms. The molecular formula is C19H18N4O2. The Morgan fingerprint density at radius 1 is 1.12 bits per heavy atom. The van der Waals surface area contributed by atoms with E-state index in [-0.39, 0.29) is 5.91 Å². The van der Waals surface area contributed by atoms with Gasteiger partial charge >= 0.3 is 0 Å². The molecule has 0 aliphatic rings. The van der Waals surface area contributed by atoms with Crippen LogP contribution in [0.5, 0.6) is 5.75 Å². The molecule has 0 saturated heterocycles. The van der Waals surface area contributed by atoms with Crippen LogP contribution in [0.15, 0.2) is 54.7 Å². The molecule has 0 aliphatic carbocycles. The minimum absolute atomic E-state index is 0.122. The number of benzene rings is 1. The Morgan fingerprint density at radius 3 is 2.76 bits per heavy atom. The molecule has 3 aromatic rings. The van der Waals surface area contributed by atoms with E-state index in [2.05, 4.69) is 20.3 Å². The zero-order chi connectivity index (χ0) is 17.6. The van der Waals surface area contributed by atoms with E-state index >= 15 is 0 Å². The molecule has 0 spiro atoms. The molecule has 0 radical (unpaired) electrons. The number of ether oxygens (including phenoxy) is 1. The van der Waals surface area contributed by atoms with Gasteiger partial charge in [0.2, 0.25) is 5.91 Å². The fourth-order valence-electron chi connectivity index (χ4n) is 2.34. The van der Waals surface area contributed by atoms with E-state index < -0.39 is 0 Å². The van der Waals surface area contributed by atoms with Crippen LogP contribution in [0.2, 0.25) is 0 Å². The molecule has 0 saturated carbocycles. The molecule has 6 nitrogen and oxygen atoms in total. The van der Waals surface area contributed by atoms with Gasteiger partial charge in [-0.15, -0.1) is 0 Å². The van der Waals surface area contributed by atoms with Crippen molar-refractivity contribution in [2.45, 2.75) is 20.5 Å². The molecule has 2 heterocycles. The number of carbonyl (C=O) groups is 1. The third-order valence-corrected chi connectivity index (χ3v) is 3.34. The average molecular weight is 334 g/mol. The summed E-state index contributed by atoms with van der Waals surface area (Å²) < 4.78 is 5.80. The van der Waals surface area contributed by atoms with Crippen molar-refractivity contribution >= 4 is 11.6 Å². The maximum atomic E-state index is 11.1. The van der Waals surface area contributed by atoms with Crippen molar-refractivity contribution in [3.63, 3.8) is 0 Å².